The van der Waals surface area contributed by atoms with Crippen LogP contribution in [-0.4, -0.2) is 36.2 Å². The minimum Gasteiger partial charge on any atom is -0.325 e. The summed E-state index contributed by atoms with van der Waals surface area (Å²) in [5.74, 6) is -3.18. The molecule has 3 aliphatic heterocycles. The number of fused-ring (bicyclic) bond motifs is 4. The molecule has 0 aliphatic carbocycles. The lowest BCUT2D eigenvalue weighted by Crippen LogP contribution is -2.55. The summed E-state index contributed by atoms with van der Waals surface area (Å²) in [5.41, 5.74) is 1.88. The first kappa shape index (κ1) is 24.5. The maximum Gasteiger partial charge on any atom is 0.253 e. The van der Waals surface area contributed by atoms with Gasteiger partial charge in [0.2, 0.25) is 17.7 Å². The predicted molar refractivity (Wildman–Crippen MR) is 146 cm³/mol. The average molecular weight is 573 g/mol. The smallest absolute Gasteiger partial charge is 0.253 e. The van der Waals surface area contributed by atoms with E-state index in [0.29, 0.717) is 22.6 Å². The van der Waals surface area contributed by atoms with Gasteiger partial charge in [0.15, 0.2) is 0 Å². The Balaban J connectivity index is 1.36. The number of carbonyl (C=O) groups excluding carboxylic acids is 4. The number of nitrogens with zero attached hydrogens (tertiary/aromatic N) is 2. The van der Waals surface area contributed by atoms with E-state index >= 15 is 0 Å². The molecule has 2 fully saturated rings. The Labute approximate surface area is 228 Å². The third-order valence-corrected chi connectivity index (χ3v) is 8.26. The molecule has 3 heterocycles. The lowest BCUT2D eigenvalue weighted by Gasteiger charge is -2.30. The number of amides is 4. The van der Waals surface area contributed by atoms with E-state index in [1.54, 1.807) is 60.7 Å². The first-order chi connectivity index (χ1) is 18.2. The molecular formula is C29H25BrN4O4. The molecular weight excluding hydrogens is 548 g/mol. The van der Waals surface area contributed by atoms with Crippen molar-refractivity contribution in [2.75, 3.05) is 21.7 Å². The molecule has 0 aromatic heterocycles. The second-order valence-corrected chi connectivity index (χ2v) is 11.0. The molecule has 2 saturated heterocycles. The highest BCUT2D eigenvalue weighted by Crippen LogP contribution is 2.55. The highest BCUT2D eigenvalue weighted by atomic mass is 79.9. The van der Waals surface area contributed by atoms with Crippen molar-refractivity contribution in [2.45, 2.75) is 25.4 Å². The van der Waals surface area contributed by atoms with Crippen LogP contribution in [0.5, 0.6) is 0 Å². The number of hydrogen-bond acceptors (Lipinski definition) is 5. The molecule has 3 aromatic rings. The van der Waals surface area contributed by atoms with E-state index in [1.807, 2.05) is 26.0 Å². The Morgan fingerprint density at radius 1 is 0.974 bits per heavy atom. The Hall–Kier alpha value is -3.82. The lowest BCUT2D eigenvalue weighted by atomic mass is 9.76. The molecule has 4 amide bonds. The van der Waals surface area contributed by atoms with E-state index in [9.17, 15) is 19.2 Å². The number of aryl methyl sites for hydroxylation is 1. The summed E-state index contributed by atoms with van der Waals surface area (Å²) in [7, 11) is 0. The minimum atomic E-state index is -1.44. The maximum atomic E-state index is 14.2. The molecule has 9 heteroatoms. The molecule has 3 aromatic carbocycles. The molecule has 3 aliphatic rings. The van der Waals surface area contributed by atoms with Crippen LogP contribution in [0.3, 0.4) is 0 Å². The van der Waals surface area contributed by atoms with Gasteiger partial charge in [-0.3, -0.25) is 24.5 Å². The predicted octanol–water partition coefficient (Wildman–Crippen LogP) is 3.74. The van der Waals surface area contributed by atoms with Crippen molar-refractivity contribution < 1.29 is 19.2 Å². The van der Waals surface area contributed by atoms with Gasteiger partial charge in [-0.15, -0.1) is 0 Å². The molecule has 2 N–H and O–H groups in total. The highest BCUT2D eigenvalue weighted by Gasteiger charge is 2.71. The summed E-state index contributed by atoms with van der Waals surface area (Å²) in [6.45, 7) is 3.56. The fraction of sp³-hybridized carbons (Fsp3) is 0.241. The summed E-state index contributed by atoms with van der Waals surface area (Å²) in [6.07, 6.45) is 0. The zero-order chi connectivity index (χ0) is 26.8. The summed E-state index contributed by atoms with van der Waals surface area (Å²) >= 11 is 3.39. The van der Waals surface area contributed by atoms with Crippen LogP contribution in [0.2, 0.25) is 0 Å². The van der Waals surface area contributed by atoms with Crippen LogP contribution >= 0.6 is 15.9 Å². The van der Waals surface area contributed by atoms with Crippen molar-refractivity contribution in [1.29, 1.82) is 0 Å². The fourth-order valence-corrected chi connectivity index (χ4v) is 6.36. The normalized spacial score (nSPS) is 25.8. The van der Waals surface area contributed by atoms with Crippen LogP contribution in [0, 0.1) is 18.8 Å². The van der Waals surface area contributed by atoms with Gasteiger partial charge in [-0.1, -0.05) is 51.8 Å². The van der Waals surface area contributed by atoms with Crippen LogP contribution in [0.15, 0.2) is 77.3 Å². The van der Waals surface area contributed by atoms with E-state index in [4.69, 9.17) is 0 Å². The number of carbonyl (C=O) groups is 4. The molecule has 6 rings (SSSR count). The van der Waals surface area contributed by atoms with Crippen molar-refractivity contribution in [3.05, 3.63) is 88.4 Å². The number of rotatable bonds is 4. The summed E-state index contributed by atoms with van der Waals surface area (Å²) < 4.78 is 0.825. The maximum absolute atomic E-state index is 14.2. The SMILES string of the molecule is Cc1ccc(NC(=O)CN2C(=O)[C@]3(N[C@H](C)[C@H]4C(=O)N(c5ccc(Br)cc5)C(=O)[C@H]43)c3ccccc32)cc1. The molecule has 192 valence electrons. The van der Waals surface area contributed by atoms with Crippen molar-refractivity contribution in [3.8, 4) is 0 Å². The Kier molecular flexibility index (Phi) is 5.73. The van der Waals surface area contributed by atoms with Gasteiger partial charge < -0.3 is 10.2 Å². The van der Waals surface area contributed by atoms with Gasteiger partial charge in [-0.25, -0.2) is 4.90 Å². The van der Waals surface area contributed by atoms with E-state index in [2.05, 4.69) is 26.6 Å². The average Bonchev–Trinajstić information content (AvgIpc) is 3.44. The summed E-state index contributed by atoms with van der Waals surface area (Å²) in [4.78, 5) is 57.4. The Morgan fingerprint density at radius 2 is 1.66 bits per heavy atom. The van der Waals surface area contributed by atoms with Gasteiger partial charge in [0.25, 0.3) is 5.91 Å². The Bertz CT molecular complexity index is 1490. The van der Waals surface area contributed by atoms with Crippen molar-refractivity contribution >= 4 is 56.6 Å². The molecule has 1 spiro atoms. The van der Waals surface area contributed by atoms with Crippen LogP contribution in [0.4, 0.5) is 17.1 Å². The van der Waals surface area contributed by atoms with E-state index < -0.39 is 35.2 Å². The van der Waals surface area contributed by atoms with Crippen molar-refractivity contribution in [2.24, 2.45) is 11.8 Å². The van der Waals surface area contributed by atoms with Crippen LogP contribution in [0.25, 0.3) is 0 Å². The summed E-state index contributed by atoms with van der Waals surface area (Å²) in [5, 5.41) is 6.18. The second kappa shape index (κ2) is 8.89. The van der Waals surface area contributed by atoms with Gasteiger partial charge >= 0.3 is 0 Å². The van der Waals surface area contributed by atoms with E-state index in [1.165, 1.54) is 9.80 Å². The lowest BCUT2D eigenvalue weighted by molar-refractivity contribution is -0.132. The standard InChI is InChI=1S/C29H25BrN4O4/c1-16-7-11-19(12-8-16)31-23(35)15-33-22-6-4-3-5-21(22)29(28(33)38)25-24(17(2)32-29)26(36)34(27(25)37)20-13-9-18(30)10-14-20/h3-14,17,24-25,32H,15H2,1-2H3,(H,31,35)/t17-,24-,25+,29+/m1/s1. The zero-order valence-electron chi connectivity index (χ0n) is 20.8. The largest absolute Gasteiger partial charge is 0.325 e. The van der Waals surface area contributed by atoms with Gasteiger partial charge in [-0.2, -0.15) is 0 Å². The first-order valence-corrected chi connectivity index (χ1v) is 13.2. The van der Waals surface area contributed by atoms with Crippen LogP contribution in [-0.2, 0) is 24.7 Å². The van der Waals surface area contributed by atoms with E-state index in [0.717, 1.165) is 10.0 Å². The quantitative estimate of drug-likeness (QED) is 0.464. The van der Waals surface area contributed by atoms with Gasteiger partial charge in [0.05, 0.1) is 17.5 Å². The van der Waals surface area contributed by atoms with E-state index in [-0.39, 0.29) is 18.4 Å². The van der Waals surface area contributed by atoms with Crippen molar-refractivity contribution in [3.63, 3.8) is 0 Å². The fourth-order valence-electron chi connectivity index (χ4n) is 6.09. The minimum absolute atomic E-state index is 0.225. The van der Waals surface area contributed by atoms with Gasteiger partial charge in [-0.05, 0) is 56.3 Å². The number of halogens is 1. The molecule has 0 unspecified atom stereocenters. The Morgan fingerprint density at radius 3 is 2.37 bits per heavy atom. The second-order valence-electron chi connectivity index (χ2n) is 10.1. The number of anilines is 3. The molecule has 0 saturated carbocycles. The van der Waals surface area contributed by atoms with Crippen molar-refractivity contribution in [1.82, 2.24) is 5.32 Å². The topological polar surface area (TPSA) is 98.8 Å². The van der Waals surface area contributed by atoms with Crippen LogP contribution < -0.4 is 20.4 Å². The molecule has 4 atom stereocenters. The number of benzene rings is 3. The van der Waals surface area contributed by atoms with Crippen LogP contribution in [0.1, 0.15) is 18.1 Å². The number of imide groups is 1. The third-order valence-electron chi connectivity index (χ3n) is 7.74. The summed E-state index contributed by atoms with van der Waals surface area (Å²) in [6, 6.07) is 21.1. The first-order valence-electron chi connectivity index (χ1n) is 12.4. The zero-order valence-corrected chi connectivity index (χ0v) is 22.4. The molecule has 38 heavy (non-hydrogen) atoms. The number of para-hydroxylation sites is 1. The van der Waals surface area contributed by atoms with Gasteiger partial charge in [0, 0.05) is 27.5 Å². The molecule has 8 nitrogen and oxygen atoms in total. The molecule has 0 radical (unpaired) electrons. The number of hydrogen-bond donors (Lipinski definition) is 2. The molecule has 0 bridgehead atoms. The van der Waals surface area contributed by atoms with Gasteiger partial charge in [0.1, 0.15) is 12.1 Å². The third kappa shape index (κ3) is 3.53. The monoisotopic (exact) mass is 572 g/mol. The number of nitrogens with one attached hydrogen (secondary N) is 2. The highest BCUT2D eigenvalue weighted by molar-refractivity contribution is 9.10.